The molecule has 0 aliphatic heterocycles. The van der Waals surface area contributed by atoms with Crippen LogP contribution in [0.3, 0.4) is 0 Å². The Balaban J connectivity index is 2.72. The summed E-state index contributed by atoms with van der Waals surface area (Å²) in [5, 5.41) is 7.35. The predicted molar refractivity (Wildman–Crippen MR) is 73.5 cm³/mol. The monoisotopic (exact) mass is 252 g/mol. The molecule has 0 aromatic carbocycles. The SMILES string of the molecule is COCCNCC(=Cc1c(C)noc1C)C(C)C. The summed E-state index contributed by atoms with van der Waals surface area (Å²) in [6.45, 7) is 10.8. The molecule has 0 aliphatic carbocycles. The van der Waals surface area contributed by atoms with Gasteiger partial charge in [0.05, 0.1) is 12.3 Å². The molecule has 0 amide bonds. The smallest absolute Gasteiger partial charge is 0.141 e. The van der Waals surface area contributed by atoms with Crippen molar-refractivity contribution < 1.29 is 9.26 Å². The van der Waals surface area contributed by atoms with E-state index in [9.17, 15) is 0 Å². The predicted octanol–water partition coefficient (Wildman–Crippen LogP) is 2.57. The lowest BCUT2D eigenvalue weighted by molar-refractivity contribution is 0.200. The number of ether oxygens (including phenoxy) is 1. The van der Waals surface area contributed by atoms with Crippen molar-refractivity contribution in [1.29, 1.82) is 0 Å². The van der Waals surface area contributed by atoms with E-state index >= 15 is 0 Å². The number of nitrogens with zero attached hydrogens (tertiary/aromatic N) is 1. The van der Waals surface area contributed by atoms with Gasteiger partial charge in [-0.15, -0.1) is 0 Å². The molecule has 102 valence electrons. The molecule has 1 heterocycles. The minimum atomic E-state index is 0.494. The molecular formula is C14H24N2O2. The second-order valence-electron chi connectivity index (χ2n) is 4.78. The van der Waals surface area contributed by atoms with Gasteiger partial charge in [-0.3, -0.25) is 0 Å². The van der Waals surface area contributed by atoms with Crippen molar-refractivity contribution in [1.82, 2.24) is 10.5 Å². The minimum Gasteiger partial charge on any atom is -0.383 e. The Morgan fingerprint density at radius 1 is 1.44 bits per heavy atom. The topological polar surface area (TPSA) is 47.3 Å². The van der Waals surface area contributed by atoms with Crippen LogP contribution in [0.2, 0.25) is 0 Å². The standard InChI is InChI=1S/C14H24N2O2/c1-10(2)13(9-15-6-7-17-5)8-14-11(3)16-18-12(14)4/h8,10,15H,6-7,9H2,1-5H3. The molecule has 0 fully saturated rings. The van der Waals surface area contributed by atoms with Crippen LogP contribution < -0.4 is 5.32 Å². The van der Waals surface area contributed by atoms with E-state index in [1.165, 1.54) is 5.57 Å². The summed E-state index contributed by atoms with van der Waals surface area (Å²) >= 11 is 0. The molecule has 1 aromatic heterocycles. The summed E-state index contributed by atoms with van der Waals surface area (Å²) < 4.78 is 10.2. The molecule has 0 atom stereocenters. The van der Waals surface area contributed by atoms with Crippen LogP contribution in [0.1, 0.15) is 30.9 Å². The van der Waals surface area contributed by atoms with Crippen molar-refractivity contribution in [3.8, 4) is 0 Å². The minimum absolute atomic E-state index is 0.494. The van der Waals surface area contributed by atoms with E-state index in [1.54, 1.807) is 7.11 Å². The van der Waals surface area contributed by atoms with E-state index < -0.39 is 0 Å². The summed E-state index contributed by atoms with van der Waals surface area (Å²) in [7, 11) is 1.71. The van der Waals surface area contributed by atoms with Crippen LogP contribution in [0.4, 0.5) is 0 Å². The van der Waals surface area contributed by atoms with Gasteiger partial charge in [0.25, 0.3) is 0 Å². The molecule has 0 unspecified atom stereocenters. The van der Waals surface area contributed by atoms with Gasteiger partial charge in [-0.05, 0) is 25.8 Å². The lowest BCUT2D eigenvalue weighted by atomic mass is 9.99. The largest absolute Gasteiger partial charge is 0.383 e. The number of nitrogens with one attached hydrogen (secondary N) is 1. The Kier molecular flexibility index (Phi) is 6.09. The molecule has 4 heteroatoms. The highest BCUT2D eigenvalue weighted by atomic mass is 16.5. The summed E-state index contributed by atoms with van der Waals surface area (Å²) in [5.41, 5.74) is 3.40. The van der Waals surface area contributed by atoms with Crippen LogP contribution in [0.15, 0.2) is 10.1 Å². The Morgan fingerprint density at radius 3 is 2.67 bits per heavy atom. The average molecular weight is 252 g/mol. The lowest BCUT2D eigenvalue weighted by Crippen LogP contribution is -2.23. The van der Waals surface area contributed by atoms with Gasteiger partial charge in [-0.1, -0.05) is 24.6 Å². The van der Waals surface area contributed by atoms with Crippen LogP contribution in [0, 0.1) is 19.8 Å². The molecule has 18 heavy (non-hydrogen) atoms. The van der Waals surface area contributed by atoms with Crippen molar-refractivity contribution in [2.75, 3.05) is 26.8 Å². The second kappa shape index (κ2) is 7.34. The summed E-state index contributed by atoms with van der Waals surface area (Å²) in [6.07, 6.45) is 2.19. The highest BCUT2D eigenvalue weighted by molar-refractivity contribution is 5.57. The first-order valence-electron chi connectivity index (χ1n) is 6.39. The number of hydrogen-bond acceptors (Lipinski definition) is 4. The fourth-order valence-corrected chi connectivity index (χ4v) is 1.71. The molecule has 1 rings (SSSR count). The zero-order valence-corrected chi connectivity index (χ0v) is 12.0. The molecule has 0 spiro atoms. The zero-order valence-electron chi connectivity index (χ0n) is 12.0. The van der Waals surface area contributed by atoms with Crippen LogP contribution >= 0.6 is 0 Å². The average Bonchev–Trinajstić information content (AvgIpc) is 2.63. The van der Waals surface area contributed by atoms with Crippen molar-refractivity contribution in [2.45, 2.75) is 27.7 Å². The Bertz CT molecular complexity index is 375. The Labute approximate surface area is 109 Å². The van der Waals surface area contributed by atoms with Crippen molar-refractivity contribution in [3.63, 3.8) is 0 Å². The van der Waals surface area contributed by atoms with Gasteiger partial charge in [0.2, 0.25) is 0 Å². The van der Waals surface area contributed by atoms with E-state index in [1.807, 2.05) is 13.8 Å². The van der Waals surface area contributed by atoms with Crippen molar-refractivity contribution in [3.05, 3.63) is 22.6 Å². The number of aromatic nitrogens is 1. The lowest BCUT2D eigenvalue weighted by Gasteiger charge is -2.12. The molecule has 1 aromatic rings. The maximum Gasteiger partial charge on any atom is 0.141 e. The third-order valence-corrected chi connectivity index (χ3v) is 2.97. The highest BCUT2D eigenvalue weighted by Gasteiger charge is 2.09. The first kappa shape index (κ1) is 14.9. The van der Waals surface area contributed by atoms with Crippen molar-refractivity contribution >= 4 is 6.08 Å². The third kappa shape index (κ3) is 4.27. The van der Waals surface area contributed by atoms with E-state index in [0.29, 0.717) is 5.92 Å². The number of rotatable bonds is 7. The van der Waals surface area contributed by atoms with Gasteiger partial charge in [0.15, 0.2) is 0 Å². The van der Waals surface area contributed by atoms with Crippen molar-refractivity contribution in [2.24, 2.45) is 5.92 Å². The first-order chi connectivity index (χ1) is 8.56. The Hall–Kier alpha value is -1.13. The molecule has 1 N–H and O–H groups in total. The maximum absolute atomic E-state index is 5.18. The number of methoxy groups -OCH3 is 1. The van der Waals surface area contributed by atoms with Gasteiger partial charge in [0, 0.05) is 25.8 Å². The summed E-state index contributed by atoms with van der Waals surface area (Å²) in [6, 6.07) is 0. The molecule has 4 nitrogen and oxygen atoms in total. The van der Waals surface area contributed by atoms with E-state index in [-0.39, 0.29) is 0 Å². The number of aryl methyl sites for hydroxylation is 2. The molecule has 0 bridgehead atoms. The normalized spacial score (nSPS) is 12.4. The highest BCUT2D eigenvalue weighted by Crippen LogP contribution is 2.19. The van der Waals surface area contributed by atoms with Gasteiger partial charge >= 0.3 is 0 Å². The fraction of sp³-hybridized carbons (Fsp3) is 0.643. The Morgan fingerprint density at radius 2 is 2.17 bits per heavy atom. The summed E-state index contributed by atoms with van der Waals surface area (Å²) in [5.74, 6) is 1.37. The van der Waals surface area contributed by atoms with Gasteiger partial charge in [-0.2, -0.15) is 0 Å². The molecule has 0 saturated carbocycles. The number of hydrogen-bond donors (Lipinski definition) is 1. The maximum atomic E-state index is 5.18. The summed E-state index contributed by atoms with van der Waals surface area (Å²) in [4.78, 5) is 0. The second-order valence-corrected chi connectivity index (χ2v) is 4.78. The first-order valence-corrected chi connectivity index (χ1v) is 6.39. The van der Waals surface area contributed by atoms with Crippen LogP contribution in [0.5, 0.6) is 0 Å². The van der Waals surface area contributed by atoms with Gasteiger partial charge in [-0.25, -0.2) is 0 Å². The van der Waals surface area contributed by atoms with E-state index in [2.05, 4.69) is 30.4 Å². The third-order valence-electron chi connectivity index (χ3n) is 2.97. The fourth-order valence-electron chi connectivity index (χ4n) is 1.71. The van der Waals surface area contributed by atoms with Gasteiger partial charge in [0.1, 0.15) is 5.76 Å². The molecule has 0 saturated heterocycles. The van der Waals surface area contributed by atoms with Crippen LogP contribution in [0.25, 0.3) is 6.08 Å². The van der Waals surface area contributed by atoms with Crippen LogP contribution in [-0.2, 0) is 4.74 Å². The zero-order chi connectivity index (χ0) is 13.5. The van der Waals surface area contributed by atoms with Gasteiger partial charge < -0.3 is 14.6 Å². The quantitative estimate of drug-likeness (QED) is 0.758. The molecule has 0 aliphatic rings. The van der Waals surface area contributed by atoms with Crippen LogP contribution in [-0.4, -0.2) is 32.0 Å². The molecular weight excluding hydrogens is 228 g/mol. The van der Waals surface area contributed by atoms with E-state index in [0.717, 1.165) is 36.7 Å². The van der Waals surface area contributed by atoms with E-state index in [4.69, 9.17) is 9.26 Å². The molecule has 0 radical (unpaired) electrons.